The molecule has 0 spiro atoms. The molecule has 0 N–H and O–H groups in total. The number of allylic oxidation sites excluding steroid dienone is 1. The fraction of sp³-hybridized carbons (Fsp3) is 0.421. The Morgan fingerprint density at radius 1 is 1.04 bits per heavy atom. The van der Waals surface area contributed by atoms with Crippen LogP contribution in [0.4, 0.5) is 11.6 Å². The molecule has 3 heterocycles. The molecule has 2 aromatic rings. The van der Waals surface area contributed by atoms with E-state index in [2.05, 4.69) is 44.9 Å². The molecule has 5 heteroatoms. The van der Waals surface area contributed by atoms with Gasteiger partial charge in [0.15, 0.2) is 0 Å². The third kappa shape index (κ3) is 4.31. The summed E-state index contributed by atoms with van der Waals surface area (Å²) in [5.41, 5.74) is 0.941. The predicted octanol–water partition coefficient (Wildman–Crippen LogP) is 3.40. The first-order valence-corrected chi connectivity index (χ1v) is 8.76. The summed E-state index contributed by atoms with van der Waals surface area (Å²) in [6.45, 7) is 5.99. The lowest BCUT2D eigenvalue weighted by Crippen LogP contribution is -2.47. The molecule has 1 saturated heterocycles. The molecule has 24 heavy (non-hydrogen) atoms. The van der Waals surface area contributed by atoms with E-state index in [4.69, 9.17) is 4.98 Å². The summed E-state index contributed by atoms with van der Waals surface area (Å²) in [5.74, 6) is 2.02. The Kier molecular flexibility index (Phi) is 5.77. The molecular formula is C19H25N5. The van der Waals surface area contributed by atoms with Gasteiger partial charge in [-0.05, 0) is 24.6 Å². The van der Waals surface area contributed by atoms with Gasteiger partial charge < -0.3 is 9.80 Å². The number of aromatic nitrogens is 3. The zero-order chi connectivity index (χ0) is 16.6. The van der Waals surface area contributed by atoms with E-state index in [-0.39, 0.29) is 0 Å². The van der Waals surface area contributed by atoms with E-state index in [1.54, 1.807) is 0 Å². The standard InChI is InChI=1S/C19H25N5/c1-2-3-4-5-8-17-15-20-16-19(22-17)24-13-11-23(12-14-24)18-9-6-7-10-21-18/h5-10,15-16H,2-4,11-14H2,1H3/b8-5+. The van der Waals surface area contributed by atoms with Crippen molar-refractivity contribution in [2.24, 2.45) is 0 Å². The molecule has 0 bridgehead atoms. The molecule has 5 nitrogen and oxygen atoms in total. The number of piperazine rings is 1. The second-order valence-corrected chi connectivity index (χ2v) is 6.01. The number of nitrogens with zero attached hydrogens (tertiary/aromatic N) is 5. The maximum Gasteiger partial charge on any atom is 0.147 e. The van der Waals surface area contributed by atoms with Crippen LogP contribution in [-0.2, 0) is 0 Å². The van der Waals surface area contributed by atoms with Crippen LogP contribution in [0.15, 0.2) is 42.9 Å². The third-order valence-electron chi connectivity index (χ3n) is 4.23. The highest BCUT2D eigenvalue weighted by Crippen LogP contribution is 2.17. The number of anilines is 2. The molecule has 3 rings (SSSR count). The molecule has 1 fully saturated rings. The van der Waals surface area contributed by atoms with Crippen LogP contribution in [0, 0.1) is 0 Å². The number of unbranched alkanes of at least 4 members (excludes halogenated alkanes) is 2. The smallest absolute Gasteiger partial charge is 0.147 e. The van der Waals surface area contributed by atoms with E-state index in [1.807, 2.05) is 30.7 Å². The normalized spacial score (nSPS) is 15.2. The van der Waals surface area contributed by atoms with Gasteiger partial charge in [0.25, 0.3) is 0 Å². The van der Waals surface area contributed by atoms with Crippen LogP contribution in [0.25, 0.3) is 6.08 Å². The van der Waals surface area contributed by atoms with Gasteiger partial charge in [-0.15, -0.1) is 0 Å². The Labute approximate surface area is 144 Å². The summed E-state index contributed by atoms with van der Waals surface area (Å²) < 4.78 is 0. The van der Waals surface area contributed by atoms with Crippen LogP contribution in [0.3, 0.4) is 0 Å². The second kappa shape index (κ2) is 8.43. The highest BCUT2D eigenvalue weighted by Gasteiger charge is 2.19. The third-order valence-corrected chi connectivity index (χ3v) is 4.23. The molecule has 0 unspecified atom stereocenters. The van der Waals surface area contributed by atoms with Crippen molar-refractivity contribution in [3.05, 3.63) is 48.6 Å². The first-order chi connectivity index (χ1) is 11.9. The van der Waals surface area contributed by atoms with Crippen molar-refractivity contribution in [1.29, 1.82) is 0 Å². The highest BCUT2D eigenvalue weighted by atomic mass is 15.3. The minimum Gasteiger partial charge on any atom is -0.353 e. The zero-order valence-electron chi connectivity index (χ0n) is 14.3. The van der Waals surface area contributed by atoms with Gasteiger partial charge in [0.05, 0.1) is 18.1 Å². The summed E-state index contributed by atoms with van der Waals surface area (Å²) in [5, 5.41) is 0. The Balaban J connectivity index is 1.59. The van der Waals surface area contributed by atoms with Crippen LogP contribution in [0.5, 0.6) is 0 Å². The Hall–Kier alpha value is -2.43. The van der Waals surface area contributed by atoms with Crippen LogP contribution < -0.4 is 9.80 Å². The maximum absolute atomic E-state index is 4.73. The molecule has 0 atom stereocenters. The molecule has 0 aliphatic carbocycles. The molecule has 2 aromatic heterocycles. The molecule has 1 aliphatic rings. The summed E-state index contributed by atoms with van der Waals surface area (Å²) in [7, 11) is 0. The van der Waals surface area contributed by atoms with Gasteiger partial charge in [-0.2, -0.15) is 0 Å². The Morgan fingerprint density at radius 3 is 2.54 bits per heavy atom. The molecular weight excluding hydrogens is 298 g/mol. The molecule has 0 amide bonds. The maximum atomic E-state index is 4.73. The highest BCUT2D eigenvalue weighted by molar-refractivity contribution is 5.49. The van der Waals surface area contributed by atoms with Crippen molar-refractivity contribution in [2.75, 3.05) is 36.0 Å². The molecule has 126 valence electrons. The van der Waals surface area contributed by atoms with Crippen molar-refractivity contribution < 1.29 is 0 Å². The summed E-state index contributed by atoms with van der Waals surface area (Å²) in [6, 6.07) is 6.06. The number of pyridine rings is 1. The molecule has 0 saturated carbocycles. The molecule has 1 aliphatic heterocycles. The van der Waals surface area contributed by atoms with E-state index < -0.39 is 0 Å². The lowest BCUT2D eigenvalue weighted by Gasteiger charge is -2.35. The topological polar surface area (TPSA) is 45.2 Å². The van der Waals surface area contributed by atoms with Gasteiger partial charge in [0.2, 0.25) is 0 Å². The number of hydrogen-bond acceptors (Lipinski definition) is 5. The Bertz CT molecular complexity index is 648. The lowest BCUT2D eigenvalue weighted by atomic mass is 10.2. The van der Waals surface area contributed by atoms with Crippen molar-refractivity contribution in [1.82, 2.24) is 15.0 Å². The van der Waals surface area contributed by atoms with Gasteiger partial charge in [0, 0.05) is 32.4 Å². The van der Waals surface area contributed by atoms with E-state index in [9.17, 15) is 0 Å². The SMILES string of the molecule is CCCC/C=C/c1cncc(N2CCN(c3ccccn3)CC2)n1. The Morgan fingerprint density at radius 2 is 1.83 bits per heavy atom. The van der Waals surface area contributed by atoms with E-state index in [1.165, 1.54) is 12.8 Å². The monoisotopic (exact) mass is 323 g/mol. The zero-order valence-corrected chi connectivity index (χ0v) is 14.3. The fourth-order valence-corrected chi connectivity index (χ4v) is 2.83. The van der Waals surface area contributed by atoms with Crippen LogP contribution in [0.2, 0.25) is 0 Å². The van der Waals surface area contributed by atoms with Gasteiger partial charge in [-0.3, -0.25) is 4.98 Å². The van der Waals surface area contributed by atoms with Crippen LogP contribution in [-0.4, -0.2) is 41.1 Å². The quantitative estimate of drug-likeness (QED) is 0.762. The summed E-state index contributed by atoms with van der Waals surface area (Å²) in [4.78, 5) is 18.1. The van der Waals surface area contributed by atoms with Gasteiger partial charge in [-0.1, -0.05) is 31.9 Å². The van der Waals surface area contributed by atoms with Crippen molar-refractivity contribution >= 4 is 17.7 Å². The second-order valence-electron chi connectivity index (χ2n) is 6.01. The number of hydrogen-bond donors (Lipinski definition) is 0. The first-order valence-electron chi connectivity index (χ1n) is 8.76. The average molecular weight is 323 g/mol. The predicted molar refractivity (Wildman–Crippen MR) is 99.3 cm³/mol. The van der Waals surface area contributed by atoms with Gasteiger partial charge >= 0.3 is 0 Å². The van der Waals surface area contributed by atoms with E-state index in [0.29, 0.717) is 0 Å². The summed E-state index contributed by atoms with van der Waals surface area (Å²) in [6.07, 6.45) is 13.4. The van der Waals surface area contributed by atoms with E-state index in [0.717, 1.165) is 49.9 Å². The van der Waals surface area contributed by atoms with Crippen LogP contribution in [0.1, 0.15) is 31.9 Å². The van der Waals surface area contributed by atoms with Crippen molar-refractivity contribution in [2.45, 2.75) is 26.2 Å². The first kappa shape index (κ1) is 16.4. The average Bonchev–Trinajstić information content (AvgIpc) is 2.66. The molecule has 0 radical (unpaired) electrons. The molecule has 0 aromatic carbocycles. The fourth-order valence-electron chi connectivity index (χ4n) is 2.83. The van der Waals surface area contributed by atoms with Gasteiger partial charge in [-0.25, -0.2) is 9.97 Å². The van der Waals surface area contributed by atoms with Crippen LogP contribution >= 0.6 is 0 Å². The lowest BCUT2D eigenvalue weighted by molar-refractivity contribution is 0.640. The van der Waals surface area contributed by atoms with Crippen molar-refractivity contribution in [3.63, 3.8) is 0 Å². The minimum atomic E-state index is 0.939. The number of rotatable bonds is 6. The van der Waals surface area contributed by atoms with E-state index >= 15 is 0 Å². The largest absolute Gasteiger partial charge is 0.353 e. The summed E-state index contributed by atoms with van der Waals surface area (Å²) >= 11 is 0. The van der Waals surface area contributed by atoms with Gasteiger partial charge in [0.1, 0.15) is 11.6 Å². The van der Waals surface area contributed by atoms with Crippen molar-refractivity contribution in [3.8, 4) is 0 Å². The minimum absolute atomic E-state index is 0.939.